The maximum atomic E-state index is 11.3. The fraction of sp³-hybridized carbons (Fsp3) is 0.444. The van der Waals surface area contributed by atoms with Gasteiger partial charge in [-0.2, -0.15) is 11.3 Å². The molecule has 0 aliphatic rings. The monoisotopic (exact) mass is 184 g/mol. The summed E-state index contributed by atoms with van der Waals surface area (Å²) in [6, 6.07) is 1.92. The van der Waals surface area contributed by atoms with Crippen molar-refractivity contribution in [3.63, 3.8) is 0 Å². The summed E-state index contributed by atoms with van der Waals surface area (Å²) in [4.78, 5) is 11.3. The minimum Gasteiger partial charge on any atom is -0.369 e. The van der Waals surface area contributed by atoms with E-state index in [1.54, 1.807) is 18.4 Å². The Morgan fingerprint density at radius 1 is 1.75 bits per heavy atom. The molecule has 0 fully saturated rings. The third-order valence-electron chi connectivity index (χ3n) is 1.72. The van der Waals surface area contributed by atoms with Crippen LogP contribution in [0.1, 0.15) is 25.0 Å². The van der Waals surface area contributed by atoms with E-state index in [9.17, 15) is 4.79 Å². The van der Waals surface area contributed by atoms with Gasteiger partial charge in [0.15, 0.2) is 5.78 Å². The van der Waals surface area contributed by atoms with Crippen LogP contribution in [0.2, 0.25) is 0 Å². The van der Waals surface area contributed by atoms with Crippen LogP contribution in [-0.4, -0.2) is 12.9 Å². The molecule has 1 aromatic rings. The second-order valence-electron chi connectivity index (χ2n) is 2.49. The standard InChI is InChI=1S/C9H12O2S/c1-3-8(10)9(11-2)7-4-5-12-6-7/h4-6,9H,3H2,1-2H3. The molecule has 1 unspecified atom stereocenters. The van der Waals surface area contributed by atoms with Crippen molar-refractivity contribution in [3.8, 4) is 0 Å². The first kappa shape index (κ1) is 9.42. The summed E-state index contributed by atoms with van der Waals surface area (Å²) in [5.74, 6) is 0.135. The molecule has 1 heterocycles. The highest BCUT2D eigenvalue weighted by Gasteiger charge is 2.17. The van der Waals surface area contributed by atoms with Crippen LogP contribution in [0.25, 0.3) is 0 Å². The van der Waals surface area contributed by atoms with Crippen molar-refractivity contribution < 1.29 is 9.53 Å². The molecule has 12 heavy (non-hydrogen) atoms. The van der Waals surface area contributed by atoms with Crippen molar-refractivity contribution in [2.45, 2.75) is 19.4 Å². The van der Waals surface area contributed by atoms with E-state index in [4.69, 9.17) is 4.74 Å². The van der Waals surface area contributed by atoms with Gasteiger partial charge in [-0.25, -0.2) is 0 Å². The van der Waals surface area contributed by atoms with Gasteiger partial charge < -0.3 is 4.74 Å². The van der Waals surface area contributed by atoms with Crippen molar-refractivity contribution in [2.75, 3.05) is 7.11 Å². The molecule has 0 bridgehead atoms. The number of carbonyl (C=O) groups excluding carboxylic acids is 1. The SMILES string of the molecule is CCC(=O)C(OC)c1ccsc1. The van der Waals surface area contributed by atoms with Crippen LogP contribution >= 0.6 is 11.3 Å². The zero-order valence-corrected chi connectivity index (χ0v) is 8.06. The summed E-state index contributed by atoms with van der Waals surface area (Å²) in [5, 5.41) is 3.89. The van der Waals surface area contributed by atoms with E-state index in [1.165, 1.54) is 0 Å². The van der Waals surface area contributed by atoms with Crippen LogP contribution < -0.4 is 0 Å². The summed E-state index contributed by atoms with van der Waals surface area (Å²) in [6.07, 6.45) is 0.162. The molecule has 0 saturated carbocycles. The summed E-state index contributed by atoms with van der Waals surface area (Å²) >= 11 is 1.58. The van der Waals surface area contributed by atoms with Gasteiger partial charge >= 0.3 is 0 Å². The minimum atomic E-state index is -0.360. The average Bonchev–Trinajstić information content (AvgIpc) is 2.58. The molecule has 2 nitrogen and oxygen atoms in total. The van der Waals surface area contributed by atoms with Gasteiger partial charge in [-0.05, 0) is 22.4 Å². The number of Topliss-reactive ketones (excluding diaryl/α,β-unsaturated/α-hetero) is 1. The largest absolute Gasteiger partial charge is 0.369 e. The first-order valence-electron chi connectivity index (χ1n) is 3.87. The summed E-state index contributed by atoms with van der Waals surface area (Å²) in [6.45, 7) is 1.85. The van der Waals surface area contributed by atoms with E-state index >= 15 is 0 Å². The number of rotatable bonds is 4. The lowest BCUT2D eigenvalue weighted by Crippen LogP contribution is -2.12. The first-order valence-corrected chi connectivity index (χ1v) is 4.81. The van der Waals surface area contributed by atoms with Gasteiger partial charge in [0.2, 0.25) is 0 Å². The highest BCUT2D eigenvalue weighted by Crippen LogP contribution is 2.21. The molecule has 1 rings (SSSR count). The molecule has 1 atom stereocenters. The molecule has 0 saturated heterocycles. The summed E-state index contributed by atoms with van der Waals surface area (Å²) in [7, 11) is 1.57. The molecule has 0 N–H and O–H groups in total. The summed E-state index contributed by atoms with van der Waals surface area (Å²) < 4.78 is 5.10. The van der Waals surface area contributed by atoms with Crippen molar-refractivity contribution in [3.05, 3.63) is 22.4 Å². The Morgan fingerprint density at radius 2 is 2.50 bits per heavy atom. The number of ketones is 1. The first-order chi connectivity index (χ1) is 5.79. The van der Waals surface area contributed by atoms with Crippen molar-refractivity contribution in [1.29, 1.82) is 0 Å². The highest BCUT2D eigenvalue weighted by atomic mass is 32.1. The maximum absolute atomic E-state index is 11.3. The van der Waals surface area contributed by atoms with Gasteiger partial charge in [-0.1, -0.05) is 6.92 Å². The van der Waals surface area contributed by atoms with Crippen molar-refractivity contribution in [2.24, 2.45) is 0 Å². The number of methoxy groups -OCH3 is 1. The lowest BCUT2D eigenvalue weighted by molar-refractivity contribution is -0.128. The van der Waals surface area contributed by atoms with Gasteiger partial charge in [-0.3, -0.25) is 4.79 Å². The number of hydrogen-bond donors (Lipinski definition) is 0. The second-order valence-corrected chi connectivity index (χ2v) is 3.27. The minimum absolute atomic E-state index is 0.135. The zero-order chi connectivity index (χ0) is 8.97. The van der Waals surface area contributed by atoms with E-state index in [-0.39, 0.29) is 11.9 Å². The normalized spacial score (nSPS) is 12.8. The van der Waals surface area contributed by atoms with Crippen LogP contribution in [0.4, 0.5) is 0 Å². The Kier molecular flexibility index (Phi) is 3.44. The average molecular weight is 184 g/mol. The van der Waals surface area contributed by atoms with Crippen molar-refractivity contribution in [1.82, 2.24) is 0 Å². The predicted molar refractivity (Wildman–Crippen MR) is 49.4 cm³/mol. The fourth-order valence-electron chi connectivity index (χ4n) is 1.06. The Hall–Kier alpha value is -0.670. The van der Waals surface area contributed by atoms with E-state index in [2.05, 4.69) is 0 Å². The number of thiophene rings is 1. The molecule has 0 aromatic carbocycles. The number of hydrogen-bond acceptors (Lipinski definition) is 3. The van der Waals surface area contributed by atoms with Gasteiger partial charge in [0, 0.05) is 13.5 Å². The quantitative estimate of drug-likeness (QED) is 0.718. The van der Waals surface area contributed by atoms with Crippen LogP contribution in [-0.2, 0) is 9.53 Å². The van der Waals surface area contributed by atoms with Gasteiger partial charge in [0.05, 0.1) is 0 Å². The molecule has 66 valence electrons. The molecule has 0 amide bonds. The van der Waals surface area contributed by atoms with Crippen molar-refractivity contribution >= 4 is 17.1 Å². The molecule has 0 spiro atoms. The molecule has 0 aliphatic carbocycles. The molecule has 3 heteroatoms. The Morgan fingerprint density at radius 3 is 2.92 bits per heavy atom. The Bertz CT molecular complexity index is 241. The van der Waals surface area contributed by atoms with Gasteiger partial charge in [0.1, 0.15) is 6.10 Å². The molecule has 1 aromatic heterocycles. The van der Waals surface area contributed by atoms with Crippen LogP contribution in [0.15, 0.2) is 16.8 Å². The molecular weight excluding hydrogens is 172 g/mol. The third-order valence-corrected chi connectivity index (χ3v) is 2.42. The lowest BCUT2D eigenvalue weighted by Gasteiger charge is -2.10. The van der Waals surface area contributed by atoms with E-state index in [1.807, 2.05) is 23.8 Å². The number of ether oxygens (including phenoxy) is 1. The van der Waals surface area contributed by atoms with E-state index in [0.717, 1.165) is 5.56 Å². The lowest BCUT2D eigenvalue weighted by atomic mass is 10.1. The number of carbonyl (C=O) groups is 1. The smallest absolute Gasteiger partial charge is 0.165 e. The zero-order valence-electron chi connectivity index (χ0n) is 7.24. The van der Waals surface area contributed by atoms with Gasteiger partial charge in [-0.15, -0.1) is 0 Å². The Labute approximate surface area is 76.2 Å². The molecule has 0 radical (unpaired) electrons. The third kappa shape index (κ3) is 1.93. The predicted octanol–water partition coefficient (Wildman–Crippen LogP) is 2.41. The van der Waals surface area contributed by atoms with Crippen LogP contribution in [0.3, 0.4) is 0 Å². The van der Waals surface area contributed by atoms with Crippen LogP contribution in [0, 0.1) is 0 Å². The van der Waals surface area contributed by atoms with E-state index in [0.29, 0.717) is 6.42 Å². The Balaban J connectivity index is 2.76. The van der Waals surface area contributed by atoms with E-state index < -0.39 is 0 Å². The van der Waals surface area contributed by atoms with Crippen LogP contribution in [0.5, 0.6) is 0 Å². The maximum Gasteiger partial charge on any atom is 0.165 e. The fourth-order valence-corrected chi connectivity index (χ4v) is 1.74. The molecule has 0 aliphatic heterocycles. The summed E-state index contributed by atoms with van der Waals surface area (Å²) in [5.41, 5.74) is 0.967. The topological polar surface area (TPSA) is 26.3 Å². The molecular formula is C9H12O2S. The van der Waals surface area contributed by atoms with Gasteiger partial charge in [0.25, 0.3) is 0 Å². The second kappa shape index (κ2) is 4.38. The highest BCUT2D eigenvalue weighted by molar-refractivity contribution is 7.08.